The minimum Gasteiger partial charge on any atom is -0.493 e. The summed E-state index contributed by atoms with van der Waals surface area (Å²) in [4.78, 5) is 21.4. The van der Waals surface area contributed by atoms with Crippen LogP contribution >= 0.6 is 0 Å². The van der Waals surface area contributed by atoms with Crippen LogP contribution in [0.2, 0.25) is 0 Å². The number of carboxylic acids is 1. The molecule has 80 valence electrons. The second kappa shape index (κ2) is 4.04. The van der Waals surface area contributed by atoms with Crippen LogP contribution in [0.25, 0.3) is 0 Å². The summed E-state index contributed by atoms with van der Waals surface area (Å²) in [6, 6.07) is 1.52. The molecular weight excluding hydrogens is 210 g/mol. The lowest BCUT2D eigenvalue weighted by molar-refractivity contribution is -0.131. The van der Waals surface area contributed by atoms with E-state index in [0.29, 0.717) is 6.07 Å². The largest absolute Gasteiger partial charge is 0.493 e. The number of carboxylic acid groups (broad SMARTS) is 1. The quantitative estimate of drug-likeness (QED) is 0.609. The van der Waals surface area contributed by atoms with Crippen LogP contribution in [0.1, 0.15) is 10.4 Å². The number of aliphatic carboxylic acids is 1. The standard InChI is InChI=1S/C9H6F2O4/c1-15-8-4(7(12)9(13)14)2-3-5(10)6(8)11/h2-3H,1H3,(H,13,14). The zero-order valence-corrected chi connectivity index (χ0v) is 7.58. The lowest BCUT2D eigenvalue weighted by atomic mass is 10.1. The topological polar surface area (TPSA) is 63.6 Å². The molecule has 0 saturated carbocycles. The fraction of sp³-hybridized carbons (Fsp3) is 0.111. The lowest BCUT2D eigenvalue weighted by Crippen LogP contribution is -2.14. The van der Waals surface area contributed by atoms with E-state index < -0.39 is 34.7 Å². The third-order valence-electron chi connectivity index (χ3n) is 1.69. The Morgan fingerprint density at radius 1 is 1.33 bits per heavy atom. The van der Waals surface area contributed by atoms with E-state index in [1.165, 1.54) is 0 Å². The van der Waals surface area contributed by atoms with Crippen molar-refractivity contribution in [3.8, 4) is 5.75 Å². The van der Waals surface area contributed by atoms with Gasteiger partial charge in [-0.15, -0.1) is 0 Å². The van der Waals surface area contributed by atoms with Crippen molar-refractivity contribution in [3.05, 3.63) is 29.3 Å². The molecular formula is C9H6F2O4. The Balaban J connectivity index is 3.37. The molecule has 0 aromatic heterocycles. The molecule has 0 aliphatic heterocycles. The zero-order chi connectivity index (χ0) is 11.6. The molecule has 1 rings (SSSR count). The Labute approximate surface area is 83.1 Å². The maximum absolute atomic E-state index is 13.0. The van der Waals surface area contributed by atoms with Crippen molar-refractivity contribution in [3.63, 3.8) is 0 Å². The molecule has 0 aliphatic rings. The number of Topliss-reactive ketones (excluding diaryl/α,β-unsaturated/α-hetero) is 1. The summed E-state index contributed by atoms with van der Waals surface area (Å²) in [6.07, 6.45) is 0. The molecule has 0 radical (unpaired) electrons. The molecule has 1 aromatic carbocycles. The number of hydrogen-bond acceptors (Lipinski definition) is 3. The molecule has 4 nitrogen and oxygen atoms in total. The summed E-state index contributed by atoms with van der Waals surface area (Å²) in [5, 5.41) is 8.39. The van der Waals surface area contributed by atoms with Gasteiger partial charge in [0.25, 0.3) is 5.78 Å². The fourth-order valence-corrected chi connectivity index (χ4v) is 1.03. The number of carbonyl (C=O) groups excluding carboxylic acids is 1. The average Bonchev–Trinajstić information content (AvgIpc) is 2.20. The lowest BCUT2D eigenvalue weighted by Gasteiger charge is -2.06. The summed E-state index contributed by atoms with van der Waals surface area (Å²) in [5.74, 6) is -6.43. The van der Waals surface area contributed by atoms with Gasteiger partial charge in [0.15, 0.2) is 11.6 Å². The fourth-order valence-electron chi connectivity index (χ4n) is 1.03. The van der Waals surface area contributed by atoms with Crippen molar-refractivity contribution >= 4 is 11.8 Å². The van der Waals surface area contributed by atoms with Crippen molar-refractivity contribution < 1.29 is 28.2 Å². The van der Waals surface area contributed by atoms with Crippen LogP contribution in [0.5, 0.6) is 5.75 Å². The Morgan fingerprint density at radius 3 is 2.40 bits per heavy atom. The number of halogens is 2. The Bertz CT molecular complexity index is 428. The average molecular weight is 216 g/mol. The maximum atomic E-state index is 13.0. The van der Waals surface area contributed by atoms with Crippen LogP contribution in [0.15, 0.2) is 12.1 Å². The van der Waals surface area contributed by atoms with Crippen molar-refractivity contribution in [1.29, 1.82) is 0 Å². The van der Waals surface area contributed by atoms with E-state index >= 15 is 0 Å². The normalized spacial score (nSPS) is 9.80. The van der Waals surface area contributed by atoms with Gasteiger partial charge in [-0.25, -0.2) is 9.18 Å². The number of ether oxygens (including phenoxy) is 1. The van der Waals surface area contributed by atoms with Crippen LogP contribution in [0.4, 0.5) is 8.78 Å². The van der Waals surface area contributed by atoms with Gasteiger partial charge in [-0.2, -0.15) is 4.39 Å². The number of methoxy groups -OCH3 is 1. The smallest absolute Gasteiger partial charge is 0.377 e. The van der Waals surface area contributed by atoms with Crippen LogP contribution < -0.4 is 4.74 Å². The van der Waals surface area contributed by atoms with Crippen molar-refractivity contribution in [2.45, 2.75) is 0 Å². The molecule has 0 atom stereocenters. The molecule has 0 unspecified atom stereocenters. The van der Waals surface area contributed by atoms with Gasteiger partial charge in [0.1, 0.15) is 0 Å². The predicted octanol–water partition coefficient (Wildman–Crippen LogP) is 1.24. The minimum absolute atomic E-state index is 0.524. The minimum atomic E-state index is -1.76. The van der Waals surface area contributed by atoms with Gasteiger partial charge in [-0.05, 0) is 12.1 Å². The Hall–Kier alpha value is -1.98. The highest BCUT2D eigenvalue weighted by molar-refractivity contribution is 6.40. The van der Waals surface area contributed by atoms with Gasteiger partial charge in [0.05, 0.1) is 12.7 Å². The maximum Gasteiger partial charge on any atom is 0.377 e. The van der Waals surface area contributed by atoms with E-state index in [9.17, 15) is 18.4 Å². The van der Waals surface area contributed by atoms with E-state index in [-0.39, 0.29) is 0 Å². The molecule has 1 N–H and O–H groups in total. The van der Waals surface area contributed by atoms with Crippen molar-refractivity contribution in [2.24, 2.45) is 0 Å². The first-order valence-corrected chi connectivity index (χ1v) is 3.78. The number of hydrogen-bond donors (Lipinski definition) is 1. The van der Waals surface area contributed by atoms with Gasteiger partial charge in [-0.3, -0.25) is 4.79 Å². The number of ketones is 1. The zero-order valence-electron chi connectivity index (χ0n) is 7.58. The van der Waals surface area contributed by atoms with Crippen LogP contribution in [0, 0.1) is 11.6 Å². The van der Waals surface area contributed by atoms with E-state index in [0.717, 1.165) is 13.2 Å². The molecule has 0 fully saturated rings. The SMILES string of the molecule is COc1c(C(=O)C(=O)O)ccc(F)c1F. The van der Waals surface area contributed by atoms with Crippen molar-refractivity contribution in [1.82, 2.24) is 0 Å². The van der Waals surface area contributed by atoms with Gasteiger partial charge < -0.3 is 9.84 Å². The molecule has 0 amide bonds. The molecule has 0 bridgehead atoms. The first-order chi connectivity index (χ1) is 6.99. The van der Waals surface area contributed by atoms with Crippen molar-refractivity contribution in [2.75, 3.05) is 7.11 Å². The number of carbonyl (C=O) groups is 2. The molecule has 0 saturated heterocycles. The van der Waals surface area contributed by atoms with Gasteiger partial charge in [0.2, 0.25) is 5.82 Å². The number of benzene rings is 1. The van der Waals surface area contributed by atoms with Crippen LogP contribution in [-0.4, -0.2) is 24.0 Å². The third-order valence-corrected chi connectivity index (χ3v) is 1.69. The monoisotopic (exact) mass is 216 g/mol. The summed E-state index contributed by atoms with van der Waals surface area (Å²) >= 11 is 0. The van der Waals surface area contributed by atoms with E-state index in [1.807, 2.05) is 0 Å². The summed E-state index contributed by atoms with van der Waals surface area (Å²) in [5.41, 5.74) is -0.524. The van der Waals surface area contributed by atoms with E-state index in [1.54, 1.807) is 0 Å². The third kappa shape index (κ3) is 1.93. The van der Waals surface area contributed by atoms with Gasteiger partial charge >= 0.3 is 5.97 Å². The molecule has 0 heterocycles. The summed E-state index contributed by atoms with van der Waals surface area (Å²) in [7, 11) is 1.01. The summed E-state index contributed by atoms with van der Waals surface area (Å²) < 4.78 is 30.2. The predicted molar refractivity (Wildman–Crippen MR) is 44.9 cm³/mol. The van der Waals surface area contributed by atoms with Gasteiger partial charge in [0, 0.05) is 0 Å². The molecule has 15 heavy (non-hydrogen) atoms. The Kier molecular flexibility index (Phi) is 2.99. The van der Waals surface area contributed by atoms with Crippen LogP contribution in [0.3, 0.4) is 0 Å². The highest BCUT2D eigenvalue weighted by Gasteiger charge is 2.23. The molecule has 0 aliphatic carbocycles. The van der Waals surface area contributed by atoms with E-state index in [2.05, 4.69) is 4.74 Å². The van der Waals surface area contributed by atoms with E-state index in [4.69, 9.17) is 5.11 Å². The highest BCUT2D eigenvalue weighted by atomic mass is 19.2. The second-order valence-electron chi connectivity index (χ2n) is 2.58. The molecule has 1 aromatic rings. The van der Waals surface area contributed by atoms with Crippen LogP contribution in [-0.2, 0) is 4.79 Å². The summed E-state index contributed by atoms with van der Waals surface area (Å²) in [6.45, 7) is 0. The Morgan fingerprint density at radius 2 is 1.93 bits per heavy atom. The van der Waals surface area contributed by atoms with Gasteiger partial charge in [-0.1, -0.05) is 0 Å². The second-order valence-corrected chi connectivity index (χ2v) is 2.58. The molecule has 6 heteroatoms. The molecule has 0 spiro atoms. The highest BCUT2D eigenvalue weighted by Crippen LogP contribution is 2.25. The first kappa shape index (κ1) is 11.1. The number of rotatable bonds is 3. The first-order valence-electron chi connectivity index (χ1n) is 3.78.